The molecule has 0 aromatic carbocycles. The first kappa shape index (κ1) is 17.1. The normalized spacial score (nSPS) is 17.8. The van der Waals surface area contributed by atoms with E-state index in [4.69, 9.17) is 16.7 Å². The summed E-state index contributed by atoms with van der Waals surface area (Å²) in [4.78, 5) is 19.2. The molecule has 4 rings (SSSR count). The van der Waals surface area contributed by atoms with Crippen molar-refractivity contribution in [1.82, 2.24) is 24.1 Å². The van der Waals surface area contributed by atoms with Crippen molar-refractivity contribution in [3.05, 3.63) is 53.2 Å². The third-order valence-electron chi connectivity index (χ3n) is 4.75. The van der Waals surface area contributed by atoms with Gasteiger partial charge in [-0.3, -0.25) is 9.48 Å². The van der Waals surface area contributed by atoms with Gasteiger partial charge in [0.2, 0.25) is 0 Å². The minimum absolute atomic E-state index is 0.0638. The summed E-state index contributed by atoms with van der Waals surface area (Å²) in [6.45, 7) is 1.90. The molecule has 3 aromatic heterocycles. The lowest BCUT2D eigenvalue weighted by molar-refractivity contribution is 0.0700. The van der Waals surface area contributed by atoms with Crippen LogP contribution in [0.1, 0.15) is 34.9 Å². The number of aliphatic hydroxyl groups excluding tert-OH is 1. The van der Waals surface area contributed by atoms with Crippen LogP contribution >= 0.6 is 11.6 Å². The highest BCUT2D eigenvalue weighted by Gasteiger charge is 2.28. The molecule has 0 unspecified atom stereocenters. The molecule has 1 aliphatic heterocycles. The van der Waals surface area contributed by atoms with Crippen LogP contribution in [0.15, 0.2) is 36.8 Å². The Bertz CT molecular complexity index is 935. The molecule has 0 spiro atoms. The van der Waals surface area contributed by atoms with Crippen molar-refractivity contribution < 1.29 is 9.90 Å². The fourth-order valence-corrected chi connectivity index (χ4v) is 3.62. The average Bonchev–Trinajstić information content (AvgIpc) is 3.28. The van der Waals surface area contributed by atoms with Crippen LogP contribution in [0.25, 0.3) is 5.65 Å². The quantitative estimate of drug-likeness (QED) is 0.760. The SMILES string of the molecule is O=C(c1cn2cc(Cl)ccc2n1)N1CCC[C@@H](c2ccn(CCO)n2)C1. The number of halogens is 1. The zero-order valence-corrected chi connectivity index (χ0v) is 15.0. The number of fused-ring (bicyclic) bond motifs is 1. The Labute approximate surface area is 155 Å². The number of likely N-dealkylation sites (tertiary alicyclic amines) is 1. The molecule has 1 aliphatic rings. The number of rotatable bonds is 4. The van der Waals surface area contributed by atoms with E-state index in [-0.39, 0.29) is 18.4 Å². The predicted molar refractivity (Wildman–Crippen MR) is 97.4 cm³/mol. The van der Waals surface area contributed by atoms with Gasteiger partial charge in [0.05, 0.1) is 23.9 Å². The fraction of sp³-hybridized carbons (Fsp3) is 0.389. The second kappa shape index (κ2) is 7.09. The van der Waals surface area contributed by atoms with Gasteiger partial charge in [-0.1, -0.05) is 11.6 Å². The van der Waals surface area contributed by atoms with E-state index in [1.54, 1.807) is 33.6 Å². The first-order valence-corrected chi connectivity index (χ1v) is 9.09. The highest BCUT2D eigenvalue weighted by molar-refractivity contribution is 6.30. The van der Waals surface area contributed by atoms with Crippen molar-refractivity contribution in [3.8, 4) is 0 Å². The average molecular weight is 374 g/mol. The Balaban J connectivity index is 1.51. The molecule has 0 radical (unpaired) electrons. The summed E-state index contributed by atoms with van der Waals surface area (Å²) in [6.07, 6.45) is 7.28. The molecule has 1 N–H and O–H groups in total. The van der Waals surface area contributed by atoms with Crippen molar-refractivity contribution in [1.29, 1.82) is 0 Å². The lowest BCUT2D eigenvalue weighted by atomic mass is 9.95. The van der Waals surface area contributed by atoms with Crippen LogP contribution in [-0.4, -0.2) is 54.8 Å². The minimum Gasteiger partial charge on any atom is -0.394 e. The fourth-order valence-electron chi connectivity index (χ4n) is 3.45. The van der Waals surface area contributed by atoms with Crippen molar-refractivity contribution in [2.75, 3.05) is 19.7 Å². The third kappa shape index (κ3) is 3.32. The van der Waals surface area contributed by atoms with E-state index in [0.29, 0.717) is 29.5 Å². The molecule has 1 saturated heterocycles. The monoisotopic (exact) mass is 373 g/mol. The molecule has 1 atom stereocenters. The van der Waals surface area contributed by atoms with Crippen LogP contribution in [0, 0.1) is 0 Å². The molecule has 1 fully saturated rings. The summed E-state index contributed by atoms with van der Waals surface area (Å²) in [5.74, 6) is 0.142. The standard InChI is InChI=1S/C18H20ClN5O2/c19-14-3-4-17-20-16(12-23(17)11-14)18(26)22-6-1-2-13(10-22)15-5-7-24(21-15)8-9-25/h3-5,7,11-13,25H,1-2,6,8-10H2/t13-/m1/s1. The van der Waals surface area contributed by atoms with E-state index in [2.05, 4.69) is 10.1 Å². The summed E-state index contributed by atoms with van der Waals surface area (Å²) in [7, 11) is 0. The zero-order valence-electron chi connectivity index (χ0n) is 14.3. The number of hydrogen-bond acceptors (Lipinski definition) is 4. The molecule has 7 nitrogen and oxygen atoms in total. The molecule has 26 heavy (non-hydrogen) atoms. The molecule has 0 bridgehead atoms. The lowest BCUT2D eigenvalue weighted by Gasteiger charge is -2.31. The first-order chi connectivity index (χ1) is 12.6. The summed E-state index contributed by atoms with van der Waals surface area (Å²) in [6, 6.07) is 5.53. The van der Waals surface area contributed by atoms with Crippen molar-refractivity contribution >= 4 is 23.2 Å². The van der Waals surface area contributed by atoms with Gasteiger partial charge >= 0.3 is 0 Å². The number of hydrogen-bond donors (Lipinski definition) is 1. The van der Waals surface area contributed by atoms with Crippen LogP contribution in [0.3, 0.4) is 0 Å². The third-order valence-corrected chi connectivity index (χ3v) is 4.97. The second-order valence-electron chi connectivity index (χ2n) is 6.56. The Kier molecular flexibility index (Phi) is 4.65. The molecular weight excluding hydrogens is 354 g/mol. The van der Waals surface area contributed by atoms with Crippen molar-refractivity contribution in [3.63, 3.8) is 0 Å². The number of amides is 1. The summed E-state index contributed by atoms with van der Waals surface area (Å²) >= 11 is 6.00. The van der Waals surface area contributed by atoms with Crippen molar-refractivity contribution in [2.24, 2.45) is 0 Å². The molecule has 8 heteroatoms. The largest absolute Gasteiger partial charge is 0.394 e. The molecule has 136 valence electrons. The van der Waals surface area contributed by atoms with Crippen LogP contribution in [0.4, 0.5) is 0 Å². The van der Waals surface area contributed by atoms with Gasteiger partial charge < -0.3 is 14.4 Å². The minimum atomic E-state index is -0.0655. The Morgan fingerprint density at radius 1 is 1.31 bits per heavy atom. The van der Waals surface area contributed by atoms with Crippen LogP contribution in [0.2, 0.25) is 5.02 Å². The summed E-state index contributed by atoms with van der Waals surface area (Å²) in [5, 5.41) is 14.1. The molecule has 4 heterocycles. The van der Waals surface area contributed by atoms with E-state index in [1.807, 2.05) is 17.2 Å². The number of piperidine rings is 1. The van der Waals surface area contributed by atoms with E-state index in [0.717, 1.165) is 25.1 Å². The van der Waals surface area contributed by atoms with Gasteiger partial charge in [0.1, 0.15) is 11.3 Å². The highest BCUT2D eigenvalue weighted by atomic mass is 35.5. The number of carbonyl (C=O) groups excluding carboxylic acids is 1. The Morgan fingerprint density at radius 2 is 2.19 bits per heavy atom. The molecule has 0 aliphatic carbocycles. The Hall–Kier alpha value is -2.38. The van der Waals surface area contributed by atoms with E-state index in [1.165, 1.54) is 0 Å². The number of aromatic nitrogens is 4. The summed E-state index contributed by atoms with van der Waals surface area (Å²) in [5.41, 5.74) is 2.10. The highest BCUT2D eigenvalue weighted by Crippen LogP contribution is 2.26. The van der Waals surface area contributed by atoms with Crippen LogP contribution in [-0.2, 0) is 6.54 Å². The smallest absolute Gasteiger partial charge is 0.274 e. The van der Waals surface area contributed by atoms with Crippen molar-refractivity contribution in [2.45, 2.75) is 25.3 Å². The number of carbonyl (C=O) groups is 1. The first-order valence-electron chi connectivity index (χ1n) is 8.72. The van der Waals surface area contributed by atoms with Crippen LogP contribution < -0.4 is 0 Å². The maximum absolute atomic E-state index is 12.9. The molecular formula is C18H20ClN5O2. The lowest BCUT2D eigenvalue weighted by Crippen LogP contribution is -2.39. The second-order valence-corrected chi connectivity index (χ2v) is 6.99. The van der Waals surface area contributed by atoms with Gasteiger partial charge in [-0.05, 0) is 31.0 Å². The Morgan fingerprint density at radius 3 is 3.04 bits per heavy atom. The number of aliphatic hydroxyl groups is 1. The van der Waals surface area contributed by atoms with E-state index in [9.17, 15) is 4.79 Å². The molecule has 3 aromatic rings. The van der Waals surface area contributed by atoms with E-state index >= 15 is 0 Å². The van der Waals surface area contributed by atoms with Gasteiger partial charge in [-0.25, -0.2) is 4.98 Å². The molecule has 0 saturated carbocycles. The maximum Gasteiger partial charge on any atom is 0.274 e. The van der Waals surface area contributed by atoms with Gasteiger partial charge in [0.25, 0.3) is 5.91 Å². The van der Waals surface area contributed by atoms with E-state index < -0.39 is 0 Å². The number of nitrogens with zero attached hydrogens (tertiary/aromatic N) is 5. The van der Waals surface area contributed by atoms with Gasteiger partial charge in [-0.15, -0.1) is 0 Å². The van der Waals surface area contributed by atoms with Crippen LogP contribution in [0.5, 0.6) is 0 Å². The summed E-state index contributed by atoms with van der Waals surface area (Å²) < 4.78 is 3.51. The van der Waals surface area contributed by atoms with Gasteiger partial charge in [0.15, 0.2) is 0 Å². The predicted octanol–water partition coefficient (Wildman–Crippen LogP) is 2.20. The van der Waals surface area contributed by atoms with Gasteiger partial charge in [-0.2, -0.15) is 5.10 Å². The topological polar surface area (TPSA) is 75.7 Å². The zero-order chi connectivity index (χ0) is 18.1. The maximum atomic E-state index is 12.9. The number of imidazole rings is 1. The number of pyridine rings is 1. The molecule has 1 amide bonds. The van der Waals surface area contributed by atoms with Gasteiger partial charge in [0, 0.05) is 37.6 Å².